The van der Waals surface area contributed by atoms with Gasteiger partial charge in [-0.05, 0) is 78.6 Å². The van der Waals surface area contributed by atoms with Gasteiger partial charge in [0.1, 0.15) is 11.2 Å². The normalized spacial score (nSPS) is 24.3. The Kier molecular flexibility index (Phi) is 29.8. The van der Waals surface area contributed by atoms with Gasteiger partial charge in [0.25, 0.3) is 0 Å². The first-order valence-electron chi connectivity index (χ1n) is 22.4. The predicted octanol–water partition coefficient (Wildman–Crippen LogP) is -6.11. The number of fused-ring (bicyclic) bond motifs is 6. The number of aliphatic hydroxyl groups excluding tert-OH is 2. The molecule has 0 amide bonds. The number of quaternary nitrogens is 2. The predicted molar refractivity (Wildman–Crippen MR) is 230 cm³/mol. The van der Waals surface area contributed by atoms with Crippen LogP contribution in [0.1, 0.15) is 78.4 Å². The molecule has 4 unspecified atom stereocenters. The summed E-state index contributed by atoms with van der Waals surface area (Å²) >= 11 is 0. The number of carbonyl (C=O) groups is 2. The maximum absolute atomic E-state index is 12.2. The lowest BCUT2D eigenvalue weighted by Gasteiger charge is -2.33. The Balaban J connectivity index is 0.000000477. The van der Waals surface area contributed by atoms with Crippen molar-refractivity contribution in [2.75, 3.05) is 144 Å². The molecule has 4 aliphatic rings. The van der Waals surface area contributed by atoms with E-state index in [1.807, 2.05) is 41.5 Å². The quantitative estimate of drug-likeness (QED) is 0.202. The number of aliphatic hydroxyl groups is 2. The van der Waals surface area contributed by atoms with Crippen LogP contribution in [0.15, 0.2) is 24.3 Å². The zero-order chi connectivity index (χ0) is 42.2. The second-order valence-electron chi connectivity index (χ2n) is 18.4. The highest BCUT2D eigenvalue weighted by Crippen LogP contribution is 2.11. The molecule has 0 saturated carbocycles. The number of esters is 2. The molecule has 0 aromatic heterocycles. The Bertz CT molecular complexity index is 1180. The minimum absolute atomic E-state index is 0. The second-order valence-corrected chi connectivity index (χ2v) is 18.4. The minimum atomic E-state index is -0.398. The van der Waals surface area contributed by atoms with E-state index in [0.717, 1.165) is 89.4 Å². The molecule has 0 aliphatic carbocycles. The van der Waals surface area contributed by atoms with Crippen molar-refractivity contribution < 1.29 is 73.9 Å². The van der Waals surface area contributed by atoms with Crippen LogP contribution in [0.2, 0.25) is 0 Å². The molecule has 0 spiro atoms. The Labute approximate surface area is 384 Å². The van der Waals surface area contributed by atoms with Gasteiger partial charge in [-0.25, -0.2) is 0 Å². The number of halogens is 2. The van der Waals surface area contributed by atoms with E-state index in [9.17, 15) is 9.59 Å². The lowest BCUT2D eigenvalue weighted by Crippen LogP contribution is -3.00. The molecular weight excluding hydrogens is 896 g/mol. The van der Waals surface area contributed by atoms with Gasteiger partial charge in [0.2, 0.25) is 0 Å². The Morgan fingerprint density at radius 1 is 0.483 bits per heavy atom. The van der Waals surface area contributed by atoms with Crippen molar-refractivity contribution in [3.63, 3.8) is 0 Å². The molecule has 0 radical (unpaired) electrons. The summed E-state index contributed by atoms with van der Waals surface area (Å²) in [6.07, 6.45) is 4.77. The third-order valence-corrected chi connectivity index (χ3v) is 10.8. The number of rotatable bonds is 6. The van der Waals surface area contributed by atoms with E-state index in [1.54, 1.807) is 24.3 Å². The number of ether oxygens (including phenoxy) is 2. The highest BCUT2D eigenvalue weighted by Gasteiger charge is 2.23. The van der Waals surface area contributed by atoms with Gasteiger partial charge >= 0.3 is 11.9 Å². The SMILES string of the molecule is CC(C)(C)OC(=O)CN1CCCN2CC[NH2+]CCCN(CC2)CC1.CC(C)(C)OC(=O)CN1CCCN2CC[NH2+]CCCN(CC2)CC1.OCc1ccc(CO)cc1.[Br-].[Br-]. The monoisotopic (exact) mass is 978 g/mol. The molecule has 1 aromatic carbocycles. The van der Waals surface area contributed by atoms with Crippen molar-refractivity contribution in [2.45, 2.75) is 91.6 Å². The molecule has 16 heteroatoms. The van der Waals surface area contributed by atoms with Crippen LogP contribution in [0.3, 0.4) is 0 Å². The van der Waals surface area contributed by atoms with Crippen LogP contribution in [0, 0.1) is 0 Å². The van der Waals surface area contributed by atoms with Crippen LogP contribution >= 0.6 is 0 Å². The van der Waals surface area contributed by atoms with Crippen molar-refractivity contribution in [2.24, 2.45) is 0 Å². The fourth-order valence-electron chi connectivity index (χ4n) is 7.67. The molecule has 5 rings (SSSR count). The molecule has 4 heterocycles. The van der Waals surface area contributed by atoms with Gasteiger partial charge in [0.15, 0.2) is 0 Å². The van der Waals surface area contributed by atoms with E-state index < -0.39 is 11.2 Å². The maximum atomic E-state index is 12.2. The van der Waals surface area contributed by atoms with Crippen molar-refractivity contribution in [1.29, 1.82) is 0 Å². The van der Waals surface area contributed by atoms with Crippen LogP contribution < -0.4 is 44.6 Å². The fourth-order valence-corrected chi connectivity index (χ4v) is 7.67. The molecule has 4 aliphatic heterocycles. The summed E-state index contributed by atoms with van der Waals surface area (Å²) < 4.78 is 11.0. The fraction of sp³-hybridized carbons (Fsp3) is 0.818. The van der Waals surface area contributed by atoms with E-state index >= 15 is 0 Å². The van der Waals surface area contributed by atoms with Gasteiger partial charge in [-0.15, -0.1) is 0 Å². The number of hydrogen-bond donors (Lipinski definition) is 4. The van der Waals surface area contributed by atoms with E-state index in [1.165, 1.54) is 78.3 Å². The van der Waals surface area contributed by atoms with Crippen molar-refractivity contribution in [3.8, 4) is 0 Å². The topological polar surface area (TPSA) is 146 Å². The molecule has 6 N–H and O–H groups in total. The summed E-state index contributed by atoms with van der Waals surface area (Å²) in [6.45, 7) is 35.0. The van der Waals surface area contributed by atoms with Gasteiger partial charge in [-0.2, -0.15) is 0 Å². The first-order valence-corrected chi connectivity index (χ1v) is 22.4. The lowest BCUT2D eigenvalue weighted by atomic mass is 10.1. The standard InChI is InChI=1S/2C18H36N4O2.C8H10O2.2BrH/c2*1-18(2,3)24-17(23)16-22-10-5-9-20-11-7-19-6-4-8-21(13-12-20)14-15-22;9-5-7-1-2-8(6-10)4-3-7;;/h2*19H,4-16H2,1-3H3;1-4,9-10H,5-6H2;2*1H. The summed E-state index contributed by atoms with van der Waals surface area (Å²) in [7, 11) is 0. The van der Waals surface area contributed by atoms with E-state index in [2.05, 4.69) is 40.0 Å². The highest BCUT2D eigenvalue weighted by atomic mass is 79.9. The van der Waals surface area contributed by atoms with Gasteiger partial charge in [0.05, 0.1) is 52.5 Å². The van der Waals surface area contributed by atoms with Gasteiger partial charge in [-0.1, -0.05) is 24.3 Å². The molecule has 1 aromatic rings. The smallest absolute Gasteiger partial charge is 0.320 e. The molecule has 14 nitrogen and oxygen atoms in total. The summed E-state index contributed by atoms with van der Waals surface area (Å²) in [4.78, 5) is 39.2. The number of hydrogen-bond acceptors (Lipinski definition) is 12. The average Bonchev–Trinajstić information content (AvgIpc) is 3.17. The van der Waals surface area contributed by atoms with Crippen LogP contribution in [0.4, 0.5) is 0 Å². The van der Waals surface area contributed by atoms with Crippen molar-refractivity contribution in [1.82, 2.24) is 29.4 Å². The van der Waals surface area contributed by atoms with E-state index in [-0.39, 0.29) is 59.1 Å². The van der Waals surface area contributed by atoms with Crippen LogP contribution in [0.25, 0.3) is 0 Å². The first-order chi connectivity index (χ1) is 27.7. The molecule has 60 heavy (non-hydrogen) atoms. The van der Waals surface area contributed by atoms with Crippen molar-refractivity contribution >= 4 is 11.9 Å². The maximum Gasteiger partial charge on any atom is 0.320 e. The van der Waals surface area contributed by atoms with Gasteiger partial charge < -0.3 is 74.1 Å². The Hall–Kier alpha value is -1.28. The van der Waals surface area contributed by atoms with E-state index in [4.69, 9.17) is 19.7 Å². The minimum Gasteiger partial charge on any atom is -1.00 e. The Morgan fingerprint density at radius 2 is 0.800 bits per heavy atom. The number of nitrogens with zero attached hydrogens (tertiary/aromatic N) is 6. The average molecular weight is 981 g/mol. The summed E-state index contributed by atoms with van der Waals surface area (Å²) in [5.41, 5.74) is 0.948. The Morgan fingerprint density at radius 3 is 1.13 bits per heavy atom. The molecule has 4 bridgehead atoms. The van der Waals surface area contributed by atoms with Crippen LogP contribution in [-0.2, 0) is 32.3 Å². The van der Waals surface area contributed by atoms with Gasteiger partial charge in [0, 0.05) is 104 Å². The molecule has 4 saturated heterocycles. The number of benzene rings is 1. The molecule has 4 fully saturated rings. The third kappa shape index (κ3) is 27.0. The molecular formula is C44H84Br2N8O6. The summed E-state index contributed by atoms with van der Waals surface area (Å²) in [6, 6.07) is 7.19. The van der Waals surface area contributed by atoms with Gasteiger partial charge in [-0.3, -0.25) is 29.2 Å². The molecule has 350 valence electrons. The van der Waals surface area contributed by atoms with Crippen LogP contribution in [-0.4, -0.2) is 207 Å². The summed E-state index contributed by atoms with van der Waals surface area (Å²) in [5, 5.41) is 22.2. The van der Waals surface area contributed by atoms with Crippen molar-refractivity contribution in [3.05, 3.63) is 35.4 Å². The summed E-state index contributed by atoms with van der Waals surface area (Å²) in [5.74, 6) is -0.197. The van der Waals surface area contributed by atoms with E-state index in [0.29, 0.717) is 13.1 Å². The second kappa shape index (κ2) is 31.5. The first kappa shape index (κ1) is 56.7. The highest BCUT2D eigenvalue weighted by molar-refractivity contribution is 5.72. The number of carbonyl (C=O) groups excluding carboxylic acids is 2. The zero-order valence-corrected chi connectivity index (χ0v) is 41.4. The third-order valence-electron chi connectivity index (χ3n) is 10.8. The largest absolute Gasteiger partial charge is 1.00 e. The number of nitrogens with two attached hydrogens (primary N) is 2. The zero-order valence-electron chi connectivity index (χ0n) is 38.2. The lowest BCUT2D eigenvalue weighted by molar-refractivity contribution is -0.655. The van der Waals surface area contributed by atoms with Crippen LogP contribution in [0.5, 0.6) is 0 Å². The molecule has 4 atom stereocenters.